The monoisotopic (exact) mass is 231 g/mol. The lowest BCUT2D eigenvalue weighted by Gasteiger charge is -2.09. The molecule has 15 heavy (non-hydrogen) atoms. The largest absolute Gasteiger partial charge is 0.383 e. The minimum Gasteiger partial charge on any atom is -0.383 e. The molecule has 0 aromatic rings. The lowest BCUT2D eigenvalue weighted by molar-refractivity contribution is -0.120. The van der Waals surface area contributed by atoms with E-state index in [1.54, 1.807) is 7.11 Å². The highest BCUT2D eigenvalue weighted by molar-refractivity contribution is 7.80. The van der Waals surface area contributed by atoms with Gasteiger partial charge in [-0.05, 0) is 25.1 Å². The lowest BCUT2D eigenvalue weighted by atomic mass is 10.5. The summed E-state index contributed by atoms with van der Waals surface area (Å²) in [5.74, 6) is -0.0769. The number of rotatable bonds is 6. The van der Waals surface area contributed by atoms with Crippen molar-refractivity contribution in [3.63, 3.8) is 0 Å². The number of thiocarbonyl (C=S) groups is 1. The number of ether oxygens (including phenoxy) is 1. The smallest absolute Gasteiger partial charge is 0.239 e. The van der Waals surface area contributed by atoms with Gasteiger partial charge in [0.2, 0.25) is 5.91 Å². The van der Waals surface area contributed by atoms with E-state index in [-0.39, 0.29) is 12.5 Å². The second-order valence-electron chi connectivity index (χ2n) is 3.44. The van der Waals surface area contributed by atoms with Gasteiger partial charge in [0.25, 0.3) is 0 Å². The number of hydrogen-bond donors (Lipinski definition) is 3. The van der Waals surface area contributed by atoms with Crippen LogP contribution in [0.25, 0.3) is 0 Å². The summed E-state index contributed by atoms with van der Waals surface area (Å²) in [6.07, 6.45) is 2.34. The fourth-order valence-corrected chi connectivity index (χ4v) is 1.22. The summed E-state index contributed by atoms with van der Waals surface area (Å²) in [5.41, 5.74) is 0. The van der Waals surface area contributed by atoms with Crippen molar-refractivity contribution in [1.29, 1.82) is 0 Å². The average molecular weight is 231 g/mol. The fraction of sp³-hybridized carbons (Fsp3) is 0.778. The summed E-state index contributed by atoms with van der Waals surface area (Å²) in [4.78, 5) is 11.2. The van der Waals surface area contributed by atoms with Gasteiger partial charge in [0.15, 0.2) is 5.11 Å². The number of amides is 1. The number of methoxy groups -OCH3 is 1. The molecular formula is C9H17N3O2S. The minimum atomic E-state index is -0.0769. The van der Waals surface area contributed by atoms with Crippen LogP contribution in [-0.4, -0.2) is 43.9 Å². The van der Waals surface area contributed by atoms with E-state index in [1.807, 2.05) is 0 Å². The van der Waals surface area contributed by atoms with Crippen molar-refractivity contribution in [3.8, 4) is 0 Å². The van der Waals surface area contributed by atoms with Gasteiger partial charge < -0.3 is 20.7 Å². The topological polar surface area (TPSA) is 62.4 Å². The quantitative estimate of drug-likeness (QED) is 0.420. The van der Waals surface area contributed by atoms with Crippen molar-refractivity contribution < 1.29 is 9.53 Å². The zero-order valence-electron chi connectivity index (χ0n) is 8.84. The Bertz CT molecular complexity index is 231. The Kier molecular flexibility index (Phi) is 5.34. The van der Waals surface area contributed by atoms with Gasteiger partial charge in [-0.25, -0.2) is 0 Å². The highest BCUT2D eigenvalue weighted by Crippen LogP contribution is 2.18. The summed E-state index contributed by atoms with van der Waals surface area (Å²) in [6.45, 7) is 1.26. The Morgan fingerprint density at radius 1 is 1.47 bits per heavy atom. The van der Waals surface area contributed by atoms with E-state index in [2.05, 4.69) is 16.0 Å². The summed E-state index contributed by atoms with van der Waals surface area (Å²) in [7, 11) is 1.60. The van der Waals surface area contributed by atoms with Crippen LogP contribution in [0.15, 0.2) is 0 Å². The first-order chi connectivity index (χ1) is 7.22. The predicted octanol–water partition coefficient (Wildman–Crippen LogP) is -0.624. The van der Waals surface area contributed by atoms with Gasteiger partial charge >= 0.3 is 0 Å². The molecule has 0 aromatic carbocycles. The fourth-order valence-electron chi connectivity index (χ4n) is 0.980. The van der Waals surface area contributed by atoms with Crippen LogP contribution in [0.4, 0.5) is 0 Å². The second-order valence-corrected chi connectivity index (χ2v) is 3.85. The molecule has 1 aliphatic carbocycles. The first kappa shape index (κ1) is 12.2. The zero-order valence-corrected chi connectivity index (χ0v) is 9.65. The van der Waals surface area contributed by atoms with Gasteiger partial charge in [0.1, 0.15) is 0 Å². The van der Waals surface area contributed by atoms with Gasteiger partial charge in [0, 0.05) is 19.7 Å². The van der Waals surface area contributed by atoms with Crippen molar-refractivity contribution in [3.05, 3.63) is 0 Å². The summed E-state index contributed by atoms with van der Waals surface area (Å²) < 4.78 is 4.81. The van der Waals surface area contributed by atoms with Crippen molar-refractivity contribution in [2.75, 3.05) is 26.8 Å². The number of carbonyl (C=O) groups excluding carboxylic acids is 1. The van der Waals surface area contributed by atoms with Crippen LogP contribution in [0.2, 0.25) is 0 Å². The standard InChI is InChI=1S/C9H17N3O2S/c1-14-5-4-10-8(13)6-11-9(15)12-7-2-3-7/h7H,2-6H2,1H3,(H,10,13)(H2,11,12,15). The van der Waals surface area contributed by atoms with E-state index in [0.29, 0.717) is 24.3 Å². The molecule has 1 saturated carbocycles. The molecule has 0 aromatic heterocycles. The highest BCUT2D eigenvalue weighted by atomic mass is 32.1. The Balaban J connectivity index is 1.97. The highest BCUT2D eigenvalue weighted by Gasteiger charge is 2.21. The first-order valence-electron chi connectivity index (χ1n) is 5.02. The molecule has 1 rings (SSSR count). The molecule has 5 nitrogen and oxygen atoms in total. The van der Waals surface area contributed by atoms with E-state index in [4.69, 9.17) is 17.0 Å². The van der Waals surface area contributed by atoms with Gasteiger partial charge in [-0.1, -0.05) is 0 Å². The molecule has 0 heterocycles. The van der Waals surface area contributed by atoms with Crippen molar-refractivity contribution in [1.82, 2.24) is 16.0 Å². The minimum absolute atomic E-state index is 0.0769. The van der Waals surface area contributed by atoms with Gasteiger partial charge in [-0.2, -0.15) is 0 Å². The van der Waals surface area contributed by atoms with E-state index in [1.165, 1.54) is 12.8 Å². The van der Waals surface area contributed by atoms with Crippen LogP contribution in [-0.2, 0) is 9.53 Å². The second kappa shape index (κ2) is 6.58. The zero-order chi connectivity index (χ0) is 11.1. The maximum absolute atomic E-state index is 11.2. The molecule has 0 radical (unpaired) electrons. The molecule has 0 saturated heterocycles. The molecule has 0 atom stereocenters. The molecule has 1 aliphatic rings. The third-order valence-electron chi connectivity index (χ3n) is 1.95. The maximum Gasteiger partial charge on any atom is 0.239 e. The SMILES string of the molecule is COCCNC(=O)CNC(=S)NC1CC1. The molecule has 0 spiro atoms. The molecule has 0 bridgehead atoms. The van der Waals surface area contributed by atoms with Crippen LogP contribution in [0.3, 0.4) is 0 Å². The normalized spacial score (nSPS) is 14.5. The lowest BCUT2D eigenvalue weighted by Crippen LogP contribution is -2.43. The molecule has 1 amide bonds. The number of carbonyl (C=O) groups is 1. The van der Waals surface area contributed by atoms with Crippen LogP contribution >= 0.6 is 12.2 Å². The average Bonchev–Trinajstić information content (AvgIpc) is 2.99. The number of hydrogen-bond acceptors (Lipinski definition) is 3. The third kappa shape index (κ3) is 6.24. The Hall–Kier alpha value is -0.880. The Morgan fingerprint density at radius 3 is 2.80 bits per heavy atom. The Labute approximate surface area is 94.9 Å². The van der Waals surface area contributed by atoms with Gasteiger partial charge in [0.05, 0.1) is 13.2 Å². The van der Waals surface area contributed by atoms with Crippen LogP contribution in [0.5, 0.6) is 0 Å². The number of nitrogens with one attached hydrogen (secondary N) is 3. The first-order valence-corrected chi connectivity index (χ1v) is 5.43. The summed E-state index contributed by atoms with van der Waals surface area (Å²) in [5, 5.41) is 9.19. The van der Waals surface area contributed by atoms with Crippen LogP contribution in [0.1, 0.15) is 12.8 Å². The molecule has 3 N–H and O–H groups in total. The van der Waals surface area contributed by atoms with E-state index >= 15 is 0 Å². The van der Waals surface area contributed by atoms with Crippen LogP contribution in [0, 0.1) is 0 Å². The molecule has 0 aliphatic heterocycles. The van der Waals surface area contributed by atoms with Crippen molar-refractivity contribution >= 4 is 23.2 Å². The van der Waals surface area contributed by atoms with Crippen molar-refractivity contribution in [2.24, 2.45) is 0 Å². The van der Waals surface area contributed by atoms with Gasteiger partial charge in [-0.15, -0.1) is 0 Å². The van der Waals surface area contributed by atoms with Crippen molar-refractivity contribution in [2.45, 2.75) is 18.9 Å². The molecular weight excluding hydrogens is 214 g/mol. The molecule has 1 fully saturated rings. The van der Waals surface area contributed by atoms with Gasteiger partial charge in [-0.3, -0.25) is 4.79 Å². The third-order valence-corrected chi connectivity index (χ3v) is 2.21. The Morgan fingerprint density at radius 2 is 2.20 bits per heavy atom. The molecule has 0 unspecified atom stereocenters. The molecule has 6 heteroatoms. The van der Waals surface area contributed by atoms with E-state index < -0.39 is 0 Å². The maximum atomic E-state index is 11.2. The summed E-state index contributed by atoms with van der Waals surface area (Å²) in [6, 6.07) is 0.515. The van der Waals surface area contributed by atoms with Crippen LogP contribution < -0.4 is 16.0 Å². The summed E-state index contributed by atoms with van der Waals surface area (Å²) >= 11 is 5.00. The predicted molar refractivity (Wildman–Crippen MR) is 61.6 cm³/mol. The van der Waals surface area contributed by atoms with E-state index in [9.17, 15) is 4.79 Å². The molecule has 86 valence electrons. The van der Waals surface area contributed by atoms with E-state index in [0.717, 1.165) is 0 Å².